The molecule has 8 nitrogen and oxygen atoms in total. The number of ether oxygens (including phenoxy) is 2. The molecule has 3 N–H and O–H groups in total. The minimum absolute atomic E-state index is 0.190. The third kappa shape index (κ3) is 5.98. The first-order valence-corrected chi connectivity index (χ1v) is 11.1. The molecule has 0 aliphatic carbocycles. The van der Waals surface area contributed by atoms with Crippen molar-refractivity contribution in [2.24, 2.45) is 10.7 Å². The zero-order valence-corrected chi connectivity index (χ0v) is 18.9. The van der Waals surface area contributed by atoms with E-state index in [0.29, 0.717) is 23.3 Å². The number of aromatic nitrogens is 2. The average Bonchev–Trinajstić information content (AvgIpc) is 2.83. The molecular weight excluding hydrogens is 426 g/mol. The molecule has 3 aromatic rings. The Balaban J connectivity index is 1.85. The fourth-order valence-corrected chi connectivity index (χ4v) is 3.16. The lowest BCUT2D eigenvalue weighted by atomic mass is 9.98. The highest BCUT2D eigenvalue weighted by molar-refractivity contribution is 8.13. The van der Waals surface area contributed by atoms with Crippen molar-refractivity contribution < 1.29 is 14.3 Å². The summed E-state index contributed by atoms with van der Waals surface area (Å²) < 4.78 is 10.5. The molecule has 0 aliphatic rings. The number of aliphatic imine (C=N–C) groups is 1. The zero-order chi connectivity index (χ0) is 22.9. The molecule has 32 heavy (non-hydrogen) atoms. The summed E-state index contributed by atoms with van der Waals surface area (Å²) in [5, 5.41) is 3.32. The Labute approximate surface area is 191 Å². The molecule has 1 aromatic heterocycles. The number of nitrogens with two attached hydrogens (primary N) is 1. The first kappa shape index (κ1) is 23.1. The maximum atomic E-state index is 12.6. The SMILES string of the molecule is CCOc1cnc(C(=O)Nc2cccc(C(N=C(N)SC)c3ccc(OC)cc3)c2)cn1. The van der Waals surface area contributed by atoms with Crippen LogP contribution in [0.1, 0.15) is 34.6 Å². The summed E-state index contributed by atoms with van der Waals surface area (Å²) >= 11 is 1.37. The Kier molecular flexibility index (Phi) is 8.04. The molecular formula is C23H25N5O3S. The fraction of sp³-hybridized carbons (Fsp3) is 0.217. The van der Waals surface area contributed by atoms with Gasteiger partial charge in [-0.25, -0.2) is 15.0 Å². The molecule has 9 heteroatoms. The molecule has 2 aromatic carbocycles. The summed E-state index contributed by atoms with van der Waals surface area (Å²) in [4.78, 5) is 25.5. The third-order valence-electron chi connectivity index (χ3n) is 4.51. The van der Waals surface area contributed by atoms with E-state index in [1.165, 1.54) is 24.2 Å². The molecule has 166 valence electrons. The molecule has 3 rings (SSSR count). The molecule has 0 spiro atoms. The second-order valence-corrected chi connectivity index (χ2v) is 7.43. The van der Waals surface area contributed by atoms with E-state index in [1.54, 1.807) is 13.2 Å². The summed E-state index contributed by atoms with van der Waals surface area (Å²) in [5.41, 5.74) is 8.65. The quantitative estimate of drug-likeness (QED) is 0.394. The molecule has 1 unspecified atom stereocenters. The number of amides is 1. The predicted molar refractivity (Wildman–Crippen MR) is 128 cm³/mol. The van der Waals surface area contributed by atoms with Gasteiger partial charge in [-0.15, -0.1) is 0 Å². The standard InChI is InChI=1S/C23H25N5O3S/c1-4-31-20-14-25-19(13-26-20)22(29)27-17-7-5-6-16(12-17)21(28-23(24)32-3)15-8-10-18(30-2)11-9-15/h5-14,21H,4H2,1-3H3,(H2,24,28)(H,27,29). The molecule has 1 heterocycles. The molecule has 0 saturated carbocycles. The van der Waals surface area contributed by atoms with E-state index in [9.17, 15) is 4.79 Å². The summed E-state index contributed by atoms with van der Waals surface area (Å²) in [7, 11) is 1.62. The number of carbonyl (C=O) groups excluding carboxylic acids is 1. The van der Waals surface area contributed by atoms with E-state index in [0.717, 1.165) is 16.9 Å². The van der Waals surface area contributed by atoms with E-state index in [1.807, 2.05) is 55.6 Å². The highest BCUT2D eigenvalue weighted by Crippen LogP contribution is 2.30. The van der Waals surface area contributed by atoms with Crippen LogP contribution in [0.15, 0.2) is 65.9 Å². The number of hydrogen-bond acceptors (Lipinski definition) is 7. The second-order valence-electron chi connectivity index (χ2n) is 6.60. The van der Waals surface area contributed by atoms with Crippen LogP contribution in [0.25, 0.3) is 0 Å². The van der Waals surface area contributed by atoms with Gasteiger partial charge in [-0.3, -0.25) is 4.79 Å². The summed E-state index contributed by atoms with van der Waals surface area (Å²) in [6.07, 6.45) is 4.68. The smallest absolute Gasteiger partial charge is 0.275 e. The zero-order valence-electron chi connectivity index (χ0n) is 18.1. The van der Waals surface area contributed by atoms with Crippen molar-refractivity contribution in [2.45, 2.75) is 13.0 Å². The number of nitrogens with zero attached hydrogens (tertiary/aromatic N) is 3. The van der Waals surface area contributed by atoms with E-state index < -0.39 is 0 Å². The minimum Gasteiger partial charge on any atom is -0.497 e. The molecule has 0 aliphatic heterocycles. The average molecular weight is 452 g/mol. The van der Waals surface area contributed by atoms with Crippen LogP contribution >= 0.6 is 11.8 Å². The van der Waals surface area contributed by atoms with Gasteiger partial charge in [0, 0.05) is 5.69 Å². The van der Waals surface area contributed by atoms with Gasteiger partial charge in [0.15, 0.2) is 5.17 Å². The summed E-state index contributed by atoms with van der Waals surface area (Å²) in [6, 6.07) is 14.8. The first-order chi connectivity index (χ1) is 15.5. The lowest BCUT2D eigenvalue weighted by Gasteiger charge is -2.16. The predicted octanol–water partition coefficient (Wildman–Crippen LogP) is 3.90. The Morgan fingerprint density at radius 1 is 1.16 bits per heavy atom. The van der Waals surface area contributed by atoms with Crippen LogP contribution in [0.3, 0.4) is 0 Å². The lowest BCUT2D eigenvalue weighted by molar-refractivity contribution is 0.102. The maximum Gasteiger partial charge on any atom is 0.275 e. The van der Waals surface area contributed by atoms with Crippen LogP contribution in [-0.2, 0) is 0 Å². The van der Waals surface area contributed by atoms with Crippen molar-refractivity contribution in [3.8, 4) is 11.6 Å². The van der Waals surface area contributed by atoms with Gasteiger partial charge in [0.25, 0.3) is 5.91 Å². The number of amidine groups is 1. The number of thioether (sulfide) groups is 1. The summed E-state index contributed by atoms with van der Waals surface area (Å²) in [6.45, 7) is 2.33. The largest absolute Gasteiger partial charge is 0.497 e. The van der Waals surface area contributed by atoms with Crippen LogP contribution in [0.2, 0.25) is 0 Å². The molecule has 0 radical (unpaired) electrons. The van der Waals surface area contributed by atoms with E-state index in [-0.39, 0.29) is 17.6 Å². The number of methoxy groups -OCH3 is 1. The van der Waals surface area contributed by atoms with Gasteiger partial charge in [0.05, 0.1) is 26.1 Å². The van der Waals surface area contributed by atoms with Gasteiger partial charge in [-0.05, 0) is 48.6 Å². The highest BCUT2D eigenvalue weighted by atomic mass is 32.2. The van der Waals surface area contributed by atoms with Crippen molar-refractivity contribution in [1.82, 2.24) is 9.97 Å². The Morgan fingerprint density at radius 2 is 1.94 bits per heavy atom. The minimum atomic E-state index is -0.370. The normalized spacial score (nSPS) is 12.2. The molecule has 0 bridgehead atoms. The van der Waals surface area contributed by atoms with Crippen LogP contribution in [-0.4, -0.2) is 41.0 Å². The topological polar surface area (TPSA) is 112 Å². The first-order valence-electron chi connectivity index (χ1n) is 9.91. The van der Waals surface area contributed by atoms with Crippen molar-refractivity contribution in [3.63, 3.8) is 0 Å². The monoisotopic (exact) mass is 451 g/mol. The molecule has 0 saturated heterocycles. The van der Waals surface area contributed by atoms with Crippen molar-refractivity contribution in [1.29, 1.82) is 0 Å². The second kappa shape index (κ2) is 11.1. The van der Waals surface area contributed by atoms with Crippen molar-refractivity contribution in [3.05, 3.63) is 77.7 Å². The van der Waals surface area contributed by atoms with Gasteiger partial charge < -0.3 is 20.5 Å². The highest BCUT2D eigenvalue weighted by Gasteiger charge is 2.16. The van der Waals surface area contributed by atoms with Gasteiger partial charge in [-0.2, -0.15) is 0 Å². The number of anilines is 1. The van der Waals surface area contributed by atoms with Crippen LogP contribution in [0, 0.1) is 0 Å². The van der Waals surface area contributed by atoms with E-state index in [2.05, 4.69) is 20.3 Å². The Hall–Kier alpha value is -3.59. The maximum absolute atomic E-state index is 12.6. The van der Waals surface area contributed by atoms with Crippen LogP contribution in [0.5, 0.6) is 11.6 Å². The van der Waals surface area contributed by atoms with Crippen LogP contribution in [0.4, 0.5) is 5.69 Å². The summed E-state index contributed by atoms with van der Waals surface area (Å²) in [5.74, 6) is 0.759. The van der Waals surface area contributed by atoms with Crippen molar-refractivity contribution in [2.75, 3.05) is 25.3 Å². The van der Waals surface area contributed by atoms with Gasteiger partial charge in [0.2, 0.25) is 5.88 Å². The molecule has 1 amide bonds. The lowest BCUT2D eigenvalue weighted by Crippen LogP contribution is -2.15. The Bertz CT molecular complexity index is 1070. The van der Waals surface area contributed by atoms with E-state index >= 15 is 0 Å². The number of benzene rings is 2. The number of nitrogens with one attached hydrogen (secondary N) is 1. The number of carbonyl (C=O) groups is 1. The van der Waals surface area contributed by atoms with Crippen molar-refractivity contribution >= 4 is 28.5 Å². The van der Waals surface area contributed by atoms with Crippen LogP contribution < -0.4 is 20.5 Å². The molecule has 0 fully saturated rings. The number of rotatable bonds is 8. The fourth-order valence-electron chi connectivity index (χ4n) is 2.95. The molecule has 1 atom stereocenters. The third-order valence-corrected chi connectivity index (χ3v) is 5.03. The van der Waals surface area contributed by atoms with Gasteiger partial charge in [-0.1, -0.05) is 36.0 Å². The van der Waals surface area contributed by atoms with E-state index in [4.69, 9.17) is 15.2 Å². The van der Waals surface area contributed by atoms with Gasteiger partial charge >= 0.3 is 0 Å². The Morgan fingerprint density at radius 3 is 2.56 bits per heavy atom. The van der Waals surface area contributed by atoms with Gasteiger partial charge in [0.1, 0.15) is 17.5 Å². The number of hydrogen-bond donors (Lipinski definition) is 2.